The third kappa shape index (κ3) is 3.19. The molecule has 2 atom stereocenters. The summed E-state index contributed by atoms with van der Waals surface area (Å²) in [5, 5.41) is 9.32. The number of ether oxygens (including phenoxy) is 2. The summed E-state index contributed by atoms with van der Waals surface area (Å²) in [6.07, 6.45) is 2.78. The van der Waals surface area contributed by atoms with Crippen LogP contribution in [0.15, 0.2) is 18.2 Å². The summed E-state index contributed by atoms with van der Waals surface area (Å²) in [6.45, 7) is 2.58. The number of rotatable bonds is 3. The molecule has 0 radical (unpaired) electrons. The van der Waals surface area contributed by atoms with Gasteiger partial charge in [-0.25, -0.2) is 4.79 Å². The van der Waals surface area contributed by atoms with Crippen molar-refractivity contribution >= 4 is 17.7 Å². The second-order valence-electron chi connectivity index (χ2n) is 5.87. The molecule has 2 fully saturated rings. The van der Waals surface area contributed by atoms with Crippen LogP contribution in [-0.4, -0.2) is 40.9 Å². The second kappa shape index (κ2) is 5.89. The molecule has 1 aromatic carbocycles. The molecule has 2 heterocycles. The number of hydrogen-bond acceptors (Lipinski definition) is 4. The Morgan fingerprint density at radius 3 is 3.10 bits per heavy atom. The van der Waals surface area contributed by atoms with Gasteiger partial charge >= 0.3 is 5.97 Å². The van der Waals surface area contributed by atoms with Gasteiger partial charge in [0, 0.05) is 18.6 Å². The topological polar surface area (TPSA) is 55.8 Å². The monoisotopic (exact) mass is 308 g/mol. The van der Waals surface area contributed by atoms with Gasteiger partial charge in [0.15, 0.2) is 0 Å². The minimum Gasteiger partial charge on any atom is -0.489 e. The van der Waals surface area contributed by atoms with Crippen molar-refractivity contribution in [1.29, 1.82) is 0 Å². The average molecular weight is 308 g/mol. The predicted molar refractivity (Wildman–Crippen MR) is 82.4 cm³/mol. The van der Waals surface area contributed by atoms with E-state index in [9.17, 15) is 9.90 Å². The molecular formula is C16H20O4S. The highest BCUT2D eigenvalue weighted by Gasteiger charge is 2.41. The van der Waals surface area contributed by atoms with E-state index in [1.807, 2.05) is 24.8 Å². The zero-order valence-corrected chi connectivity index (χ0v) is 12.9. The number of carboxylic acids is 1. The summed E-state index contributed by atoms with van der Waals surface area (Å²) in [5.41, 5.74) is 1.12. The van der Waals surface area contributed by atoms with Crippen LogP contribution in [0.25, 0.3) is 0 Å². The summed E-state index contributed by atoms with van der Waals surface area (Å²) >= 11 is 1.92. The summed E-state index contributed by atoms with van der Waals surface area (Å²) in [6, 6.07) is 5.32. The highest BCUT2D eigenvalue weighted by Crippen LogP contribution is 2.39. The van der Waals surface area contributed by atoms with E-state index >= 15 is 0 Å². The van der Waals surface area contributed by atoms with Gasteiger partial charge < -0.3 is 14.6 Å². The van der Waals surface area contributed by atoms with Gasteiger partial charge in [-0.05, 0) is 31.2 Å². The van der Waals surface area contributed by atoms with E-state index in [-0.39, 0.29) is 17.3 Å². The first kappa shape index (κ1) is 14.7. The first-order valence-electron chi connectivity index (χ1n) is 7.30. The van der Waals surface area contributed by atoms with E-state index in [1.54, 1.807) is 12.1 Å². The lowest BCUT2D eigenvalue weighted by molar-refractivity contribution is -0.0959. The fourth-order valence-corrected chi connectivity index (χ4v) is 4.42. The first-order chi connectivity index (χ1) is 10.1. The Balaban J connectivity index is 1.75. The molecule has 114 valence electrons. The number of hydrogen-bond donors (Lipinski definition) is 1. The predicted octanol–water partition coefficient (Wildman–Crippen LogP) is 3.13. The lowest BCUT2D eigenvalue weighted by Gasteiger charge is -2.37. The number of carboxylic acid groups (broad SMARTS) is 1. The van der Waals surface area contributed by atoms with Crippen LogP contribution in [0, 0.1) is 6.92 Å². The highest BCUT2D eigenvalue weighted by molar-refractivity contribution is 7.99. The number of thioether (sulfide) groups is 1. The van der Waals surface area contributed by atoms with Gasteiger partial charge in [0.2, 0.25) is 0 Å². The molecule has 2 aliphatic heterocycles. The molecule has 5 heteroatoms. The Morgan fingerprint density at radius 2 is 2.38 bits per heavy atom. The van der Waals surface area contributed by atoms with Crippen LogP contribution in [0.3, 0.4) is 0 Å². The molecule has 1 N–H and O–H groups in total. The summed E-state index contributed by atoms with van der Waals surface area (Å²) in [4.78, 5) is 11.4. The molecule has 2 aliphatic rings. The average Bonchev–Trinajstić information content (AvgIpc) is 2.88. The van der Waals surface area contributed by atoms with Crippen molar-refractivity contribution in [1.82, 2.24) is 0 Å². The molecule has 1 aromatic rings. The van der Waals surface area contributed by atoms with Gasteiger partial charge in [-0.1, -0.05) is 11.6 Å². The molecule has 2 unspecified atom stereocenters. The van der Waals surface area contributed by atoms with Crippen molar-refractivity contribution in [3.05, 3.63) is 29.3 Å². The number of carbonyl (C=O) groups is 1. The summed E-state index contributed by atoms with van der Waals surface area (Å²) < 4.78 is 12.0. The quantitative estimate of drug-likeness (QED) is 0.929. The zero-order valence-electron chi connectivity index (χ0n) is 12.1. The molecule has 2 saturated heterocycles. The number of benzene rings is 1. The fourth-order valence-electron chi connectivity index (χ4n) is 3.04. The minimum atomic E-state index is -0.938. The van der Waals surface area contributed by atoms with Crippen molar-refractivity contribution in [2.45, 2.75) is 37.9 Å². The van der Waals surface area contributed by atoms with Gasteiger partial charge in [-0.15, -0.1) is 0 Å². The minimum absolute atomic E-state index is 0.0401. The third-order valence-electron chi connectivity index (χ3n) is 4.17. The van der Waals surface area contributed by atoms with Gasteiger partial charge in [0.25, 0.3) is 0 Å². The molecule has 21 heavy (non-hydrogen) atoms. The molecule has 0 saturated carbocycles. The lowest BCUT2D eigenvalue weighted by Crippen LogP contribution is -2.44. The van der Waals surface area contributed by atoms with Crippen LogP contribution in [0.1, 0.15) is 35.2 Å². The number of aryl methyl sites for hydroxylation is 1. The molecule has 0 aliphatic carbocycles. The van der Waals surface area contributed by atoms with Crippen molar-refractivity contribution in [2.75, 3.05) is 18.1 Å². The van der Waals surface area contributed by atoms with E-state index in [0.29, 0.717) is 12.4 Å². The fraction of sp³-hybridized carbons (Fsp3) is 0.562. The van der Waals surface area contributed by atoms with E-state index in [4.69, 9.17) is 9.47 Å². The normalized spacial score (nSPS) is 28.7. The first-order valence-corrected chi connectivity index (χ1v) is 8.46. The van der Waals surface area contributed by atoms with E-state index in [0.717, 1.165) is 36.3 Å². The largest absolute Gasteiger partial charge is 0.489 e. The summed E-state index contributed by atoms with van der Waals surface area (Å²) in [5.74, 6) is 1.69. The van der Waals surface area contributed by atoms with Gasteiger partial charge in [-0.3, -0.25) is 0 Å². The smallest absolute Gasteiger partial charge is 0.339 e. The third-order valence-corrected chi connectivity index (χ3v) is 5.40. The maximum atomic E-state index is 11.4. The van der Waals surface area contributed by atoms with Crippen molar-refractivity contribution < 1.29 is 19.4 Å². The Labute approximate surface area is 128 Å². The Kier molecular flexibility index (Phi) is 4.13. The van der Waals surface area contributed by atoms with Crippen LogP contribution in [-0.2, 0) is 4.74 Å². The van der Waals surface area contributed by atoms with Gasteiger partial charge in [-0.2, -0.15) is 11.8 Å². The highest BCUT2D eigenvalue weighted by atomic mass is 32.2. The molecule has 0 bridgehead atoms. The SMILES string of the molecule is Cc1ccc(OC2CCOC3(CCSC3)C2)c(C(=O)O)c1. The Bertz CT molecular complexity index is 537. The zero-order chi connectivity index (χ0) is 14.9. The molecular weight excluding hydrogens is 288 g/mol. The van der Waals surface area contributed by atoms with Crippen LogP contribution < -0.4 is 4.74 Å². The van der Waals surface area contributed by atoms with Crippen LogP contribution in [0.2, 0.25) is 0 Å². The molecule has 4 nitrogen and oxygen atoms in total. The van der Waals surface area contributed by atoms with Crippen LogP contribution in [0.4, 0.5) is 0 Å². The van der Waals surface area contributed by atoms with E-state index < -0.39 is 5.97 Å². The van der Waals surface area contributed by atoms with Crippen molar-refractivity contribution in [3.63, 3.8) is 0 Å². The van der Waals surface area contributed by atoms with Gasteiger partial charge in [0.1, 0.15) is 17.4 Å². The number of aromatic carboxylic acids is 1. The Hall–Kier alpha value is -1.20. The van der Waals surface area contributed by atoms with E-state index in [2.05, 4.69) is 0 Å². The second-order valence-corrected chi connectivity index (χ2v) is 6.98. The standard InChI is InChI=1S/C16H20O4S/c1-11-2-3-14(13(8-11)15(17)18)20-12-4-6-19-16(9-12)5-7-21-10-16/h2-3,8,12H,4-7,9-10H2,1H3,(H,17,18). The molecule has 1 spiro atoms. The van der Waals surface area contributed by atoms with Crippen molar-refractivity contribution in [3.8, 4) is 5.75 Å². The maximum Gasteiger partial charge on any atom is 0.339 e. The van der Waals surface area contributed by atoms with Crippen LogP contribution in [0.5, 0.6) is 5.75 Å². The van der Waals surface area contributed by atoms with Crippen LogP contribution >= 0.6 is 11.8 Å². The molecule has 0 aromatic heterocycles. The summed E-state index contributed by atoms with van der Waals surface area (Å²) in [7, 11) is 0. The molecule has 0 amide bonds. The van der Waals surface area contributed by atoms with Crippen molar-refractivity contribution in [2.24, 2.45) is 0 Å². The van der Waals surface area contributed by atoms with Gasteiger partial charge in [0.05, 0.1) is 12.2 Å². The Morgan fingerprint density at radius 1 is 1.52 bits per heavy atom. The lowest BCUT2D eigenvalue weighted by atomic mass is 9.91. The maximum absolute atomic E-state index is 11.4. The van der Waals surface area contributed by atoms with E-state index in [1.165, 1.54) is 0 Å². The molecule has 3 rings (SSSR count).